The monoisotopic (exact) mass is 490 g/mol. The van der Waals surface area contributed by atoms with E-state index in [1.165, 1.54) is 5.56 Å². The molecule has 1 aliphatic rings. The van der Waals surface area contributed by atoms with Crippen LogP contribution in [-0.4, -0.2) is 70.5 Å². The molecule has 1 aromatic rings. The summed E-state index contributed by atoms with van der Waals surface area (Å²) in [5, 5.41) is 6.71. The Hall–Kier alpha value is -0.900. The van der Waals surface area contributed by atoms with Crippen LogP contribution in [0, 0.1) is 0 Å². The molecule has 154 valence electrons. The molecule has 0 aromatic heterocycles. The van der Waals surface area contributed by atoms with Crippen molar-refractivity contribution < 1.29 is 9.47 Å². The van der Waals surface area contributed by atoms with Gasteiger partial charge in [0.1, 0.15) is 0 Å². The molecule has 0 aliphatic carbocycles. The predicted octanol–water partition coefficient (Wildman–Crippen LogP) is 2.49. The fraction of sp³-hybridized carbons (Fsp3) is 0.650. The van der Waals surface area contributed by atoms with Crippen molar-refractivity contribution in [2.24, 2.45) is 4.99 Å². The molecule has 6 nitrogen and oxygen atoms in total. The van der Waals surface area contributed by atoms with Crippen molar-refractivity contribution in [3.8, 4) is 0 Å². The van der Waals surface area contributed by atoms with E-state index in [-0.39, 0.29) is 24.0 Å². The van der Waals surface area contributed by atoms with Gasteiger partial charge in [-0.3, -0.25) is 4.99 Å². The highest BCUT2D eigenvalue weighted by Gasteiger charge is 2.15. The second-order valence-electron chi connectivity index (χ2n) is 6.71. The van der Waals surface area contributed by atoms with Crippen LogP contribution in [0.25, 0.3) is 0 Å². The second-order valence-corrected chi connectivity index (χ2v) is 6.71. The van der Waals surface area contributed by atoms with E-state index in [1.807, 2.05) is 7.05 Å². The minimum Gasteiger partial charge on any atom is -0.379 e. The van der Waals surface area contributed by atoms with Crippen molar-refractivity contribution in [3.05, 3.63) is 35.9 Å². The molecule has 1 atom stereocenters. The lowest BCUT2D eigenvalue weighted by Crippen LogP contribution is -2.39. The highest BCUT2D eigenvalue weighted by atomic mass is 127. The Kier molecular flexibility index (Phi) is 13.5. The minimum absolute atomic E-state index is 0. The molecule has 27 heavy (non-hydrogen) atoms. The number of rotatable bonds is 11. The van der Waals surface area contributed by atoms with Crippen molar-refractivity contribution in [3.63, 3.8) is 0 Å². The maximum absolute atomic E-state index is 5.76. The van der Waals surface area contributed by atoms with Crippen LogP contribution in [0.3, 0.4) is 0 Å². The number of hydrogen-bond acceptors (Lipinski definition) is 4. The predicted molar refractivity (Wildman–Crippen MR) is 122 cm³/mol. The third kappa shape index (κ3) is 10.9. The van der Waals surface area contributed by atoms with E-state index >= 15 is 0 Å². The standard InChI is InChI=1S/C20H34N4O2.HI/c1-21-20(23-12-7-14-26-19-10-15-25-17-19)22-11-6-13-24(2)16-18-8-4-3-5-9-18;/h3-5,8-9,19H,6-7,10-17H2,1-2H3,(H2,21,22,23);1H. The summed E-state index contributed by atoms with van der Waals surface area (Å²) in [6.07, 6.45) is 3.36. The fourth-order valence-electron chi connectivity index (χ4n) is 2.92. The van der Waals surface area contributed by atoms with Crippen LogP contribution in [0.15, 0.2) is 35.3 Å². The summed E-state index contributed by atoms with van der Waals surface area (Å²) in [5.41, 5.74) is 1.35. The summed E-state index contributed by atoms with van der Waals surface area (Å²) in [4.78, 5) is 6.61. The van der Waals surface area contributed by atoms with Gasteiger partial charge in [-0.2, -0.15) is 0 Å². The van der Waals surface area contributed by atoms with Crippen molar-refractivity contribution in [1.29, 1.82) is 0 Å². The molecule has 1 unspecified atom stereocenters. The number of guanidine groups is 1. The van der Waals surface area contributed by atoms with Gasteiger partial charge in [-0.25, -0.2) is 0 Å². The van der Waals surface area contributed by atoms with Crippen molar-refractivity contribution in [2.75, 3.05) is 53.6 Å². The lowest BCUT2D eigenvalue weighted by Gasteiger charge is -2.17. The smallest absolute Gasteiger partial charge is 0.190 e. The number of hydrogen-bond donors (Lipinski definition) is 2. The highest BCUT2D eigenvalue weighted by Crippen LogP contribution is 2.07. The van der Waals surface area contributed by atoms with Crippen LogP contribution in [0.5, 0.6) is 0 Å². The molecule has 0 bridgehead atoms. The molecule has 0 saturated carbocycles. The van der Waals surface area contributed by atoms with Gasteiger partial charge >= 0.3 is 0 Å². The number of halogens is 1. The van der Waals surface area contributed by atoms with E-state index in [4.69, 9.17) is 9.47 Å². The van der Waals surface area contributed by atoms with E-state index in [1.54, 1.807) is 0 Å². The third-order valence-electron chi connectivity index (χ3n) is 4.38. The summed E-state index contributed by atoms with van der Waals surface area (Å²) >= 11 is 0. The first-order valence-electron chi connectivity index (χ1n) is 9.64. The molecule has 1 saturated heterocycles. The van der Waals surface area contributed by atoms with Crippen LogP contribution in [0.2, 0.25) is 0 Å². The maximum Gasteiger partial charge on any atom is 0.190 e. The van der Waals surface area contributed by atoms with Crippen LogP contribution in [0.1, 0.15) is 24.8 Å². The van der Waals surface area contributed by atoms with Crippen LogP contribution >= 0.6 is 24.0 Å². The average Bonchev–Trinajstić information content (AvgIpc) is 3.17. The summed E-state index contributed by atoms with van der Waals surface area (Å²) in [6.45, 7) is 6.16. The van der Waals surface area contributed by atoms with E-state index in [9.17, 15) is 0 Å². The Bertz CT molecular complexity index is 510. The Morgan fingerprint density at radius 1 is 1.22 bits per heavy atom. The van der Waals surface area contributed by atoms with Gasteiger partial charge in [-0.1, -0.05) is 30.3 Å². The molecule has 7 heteroatoms. The highest BCUT2D eigenvalue weighted by molar-refractivity contribution is 14.0. The topological polar surface area (TPSA) is 58.1 Å². The molecule has 1 fully saturated rings. The number of nitrogens with one attached hydrogen (secondary N) is 2. The summed E-state index contributed by atoms with van der Waals surface area (Å²) in [6, 6.07) is 10.6. The van der Waals surface area contributed by atoms with Crippen molar-refractivity contribution in [2.45, 2.75) is 31.9 Å². The zero-order valence-corrected chi connectivity index (χ0v) is 19.0. The Morgan fingerprint density at radius 2 is 1.96 bits per heavy atom. The van der Waals surface area contributed by atoms with Crippen molar-refractivity contribution >= 4 is 29.9 Å². The number of nitrogens with zero attached hydrogens (tertiary/aromatic N) is 2. The SMILES string of the molecule is CN=C(NCCCOC1CCOC1)NCCCN(C)Cc1ccccc1.I. The van der Waals surface area contributed by atoms with Gasteiger partial charge in [0, 0.05) is 39.9 Å². The molecule has 0 amide bonds. The fourth-order valence-corrected chi connectivity index (χ4v) is 2.92. The minimum atomic E-state index is 0. The van der Waals surface area contributed by atoms with Crippen LogP contribution in [0.4, 0.5) is 0 Å². The van der Waals surface area contributed by atoms with Crippen LogP contribution in [-0.2, 0) is 16.0 Å². The lowest BCUT2D eigenvalue weighted by molar-refractivity contribution is 0.0420. The zero-order chi connectivity index (χ0) is 18.5. The normalized spacial score (nSPS) is 17.0. The second kappa shape index (κ2) is 15.1. The molecular weight excluding hydrogens is 455 g/mol. The summed E-state index contributed by atoms with van der Waals surface area (Å²) < 4.78 is 11.1. The first kappa shape index (κ1) is 24.1. The van der Waals surface area contributed by atoms with Crippen LogP contribution < -0.4 is 10.6 Å². The Labute approximate surface area is 181 Å². The Morgan fingerprint density at radius 3 is 2.63 bits per heavy atom. The third-order valence-corrected chi connectivity index (χ3v) is 4.38. The molecule has 2 rings (SSSR count). The van der Waals surface area contributed by atoms with E-state index in [2.05, 4.69) is 57.9 Å². The van der Waals surface area contributed by atoms with E-state index in [0.29, 0.717) is 6.10 Å². The number of aliphatic imine (C=N–C) groups is 1. The molecular formula is C20H35IN4O2. The molecule has 0 spiro atoms. The molecule has 2 N–H and O–H groups in total. The largest absolute Gasteiger partial charge is 0.379 e. The van der Waals surface area contributed by atoms with Gasteiger partial charge in [0.2, 0.25) is 0 Å². The summed E-state index contributed by atoms with van der Waals surface area (Å²) in [5.74, 6) is 0.861. The van der Waals surface area contributed by atoms with Crippen molar-refractivity contribution in [1.82, 2.24) is 15.5 Å². The molecule has 1 aliphatic heterocycles. The average molecular weight is 490 g/mol. The van der Waals surface area contributed by atoms with Gasteiger partial charge < -0.3 is 25.0 Å². The van der Waals surface area contributed by atoms with E-state index < -0.39 is 0 Å². The first-order valence-corrected chi connectivity index (χ1v) is 9.64. The number of benzene rings is 1. The molecule has 0 radical (unpaired) electrons. The lowest BCUT2D eigenvalue weighted by atomic mass is 10.2. The molecule has 1 heterocycles. The van der Waals surface area contributed by atoms with Gasteiger partial charge in [0.15, 0.2) is 5.96 Å². The summed E-state index contributed by atoms with van der Waals surface area (Å²) in [7, 11) is 3.97. The molecule has 1 aromatic carbocycles. The number of ether oxygens (including phenoxy) is 2. The van der Waals surface area contributed by atoms with Gasteiger partial charge in [0.25, 0.3) is 0 Å². The van der Waals surface area contributed by atoms with Gasteiger partial charge in [-0.05, 0) is 38.4 Å². The quantitative estimate of drug-likeness (QED) is 0.216. The first-order chi connectivity index (χ1) is 12.8. The maximum atomic E-state index is 5.76. The van der Waals surface area contributed by atoms with E-state index in [0.717, 1.165) is 71.2 Å². The Balaban J connectivity index is 0.00000364. The van der Waals surface area contributed by atoms with Gasteiger partial charge in [-0.15, -0.1) is 24.0 Å². The van der Waals surface area contributed by atoms with Gasteiger partial charge in [0.05, 0.1) is 12.7 Å². The zero-order valence-electron chi connectivity index (χ0n) is 16.7.